The van der Waals surface area contributed by atoms with Gasteiger partial charge in [-0.05, 0) is 46.5 Å². The van der Waals surface area contributed by atoms with Gasteiger partial charge in [0.2, 0.25) is 5.91 Å². The Labute approximate surface area is 165 Å². The second-order valence-electron chi connectivity index (χ2n) is 7.28. The van der Waals surface area contributed by atoms with E-state index in [-0.39, 0.29) is 18.0 Å². The molecule has 0 spiro atoms. The van der Waals surface area contributed by atoms with Crippen molar-refractivity contribution in [1.29, 1.82) is 0 Å². The SMILES string of the molecule is COc1ccc2cc(CN(C)C(=O)C3CC(c4ccccc4)NN3)ccc2c1. The summed E-state index contributed by atoms with van der Waals surface area (Å²) in [7, 11) is 3.53. The highest BCUT2D eigenvalue weighted by Crippen LogP contribution is 2.24. The third kappa shape index (κ3) is 3.86. The predicted molar refractivity (Wildman–Crippen MR) is 111 cm³/mol. The van der Waals surface area contributed by atoms with Crippen LogP contribution in [0.3, 0.4) is 0 Å². The topological polar surface area (TPSA) is 53.6 Å². The number of nitrogens with one attached hydrogen (secondary N) is 2. The molecule has 0 saturated carbocycles. The van der Waals surface area contributed by atoms with Gasteiger partial charge in [-0.1, -0.05) is 48.5 Å². The lowest BCUT2D eigenvalue weighted by Crippen LogP contribution is -2.43. The fraction of sp³-hybridized carbons (Fsp3) is 0.261. The molecule has 1 aliphatic heterocycles. The summed E-state index contributed by atoms with van der Waals surface area (Å²) in [6.07, 6.45) is 0.741. The number of ether oxygens (including phenoxy) is 1. The Balaban J connectivity index is 1.41. The molecule has 0 bridgehead atoms. The molecule has 1 saturated heterocycles. The Kier molecular flexibility index (Phi) is 5.28. The highest BCUT2D eigenvalue weighted by Gasteiger charge is 2.31. The summed E-state index contributed by atoms with van der Waals surface area (Å²) >= 11 is 0. The van der Waals surface area contributed by atoms with Crippen LogP contribution in [0.25, 0.3) is 10.8 Å². The van der Waals surface area contributed by atoms with Crippen LogP contribution in [-0.4, -0.2) is 31.0 Å². The van der Waals surface area contributed by atoms with Crippen LogP contribution in [0.1, 0.15) is 23.6 Å². The molecule has 1 aliphatic rings. The molecular weight excluding hydrogens is 350 g/mol. The van der Waals surface area contributed by atoms with E-state index in [0.29, 0.717) is 6.54 Å². The maximum Gasteiger partial charge on any atom is 0.241 e. The molecule has 2 unspecified atom stereocenters. The third-order valence-corrected chi connectivity index (χ3v) is 5.31. The Morgan fingerprint density at radius 3 is 2.57 bits per heavy atom. The highest BCUT2D eigenvalue weighted by molar-refractivity contribution is 5.85. The van der Waals surface area contributed by atoms with Crippen molar-refractivity contribution in [3.63, 3.8) is 0 Å². The zero-order valence-corrected chi connectivity index (χ0v) is 16.2. The van der Waals surface area contributed by atoms with Gasteiger partial charge in [-0.15, -0.1) is 0 Å². The Morgan fingerprint density at radius 2 is 1.79 bits per heavy atom. The molecule has 0 aliphatic carbocycles. The predicted octanol–water partition coefficient (Wildman–Crippen LogP) is 3.41. The van der Waals surface area contributed by atoms with Gasteiger partial charge in [0.25, 0.3) is 0 Å². The highest BCUT2D eigenvalue weighted by atomic mass is 16.5. The van der Waals surface area contributed by atoms with E-state index in [2.05, 4.69) is 41.2 Å². The number of carbonyl (C=O) groups is 1. The number of methoxy groups -OCH3 is 1. The molecular formula is C23H25N3O2. The number of nitrogens with zero attached hydrogens (tertiary/aromatic N) is 1. The first-order valence-corrected chi connectivity index (χ1v) is 9.52. The molecule has 3 aromatic carbocycles. The summed E-state index contributed by atoms with van der Waals surface area (Å²) in [5.74, 6) is 0.945. The number of hydrazine groups is 1. The van der Waals surface area contributed by atoms with Gasteiger partial charge in [-0.3, -0.25) is 4.79 Å². The minimum absolute atomic E-state index is 0.0979. The molecule has 144 valence electrons. The standard InChI is InChI=1S/C23H25N3O2/c1-26(15-16-8-9-19-13-20(28-2)11-10-18(19)12-16)23(27)22-14-21(24-25-22)17-6-4-3-5-7-17/h3-13,21-22,24-25H,14-15H2,1-2H3. The van der Waals surface area contributed by atoms with E-state index in [1.54, 1.807) is 12.0 Å². The average Bonchev–Trinajstić information content (AvgIpc) is 3.23. The normalized spacial score (nSPS) is 18.9. The molecule has 5 heteroatoms. The number of fused-ring (bicyclic) bond motifs is 1. The van der Waals surface area contributed by atoms with E-state index in [4.69, 9.17) is 4.74 Å². The number of amides is 1. The lowest BCUT2D eigenvalue weighted by molar-refractivity contribution is -0.132. The monoisotopic (exact) mass is 375 g/mol. The fourth-order valence-electron chi connectivity index (χ4n) is 3.74. The van der Waals surface area contributed by atoms with Crippen molar-refractivity contribution in [2.45, 2.75) is 25.0 Å². The van der Waals surface area contributed by atoms with Crippen LogP contribution in [-0.2, 0) is 11.3 Å². The number of likely N-dealkylation sites (N-methyl/N-ethyl adjacent to an activating group) is 1. The van der Waals surface area contributed by atoms with Crippen LogP contribution >= 0.6 is 0 Å². The fourth-order valence-corrected chi connectivity index (χ4v) is 3.74. The van der Waals surface area contributed by atoms with Crippen LogP contribution < -0.4 is 15.6 Å². The summed E-state index contributed by atoms with van der Waals surface area (Å²) in [6.45, 7) is 0.578. The lowest BCUT2D eigenvalue weighted by Gasteiger charge is -2.21. The van der Waals surface area contributed by atoms with Crippen molar-refractivity contribution in [2.24, 2.45) is 0 Å². The number of benzene rings is 3. The van der Waals surface area contributed by atoms with E-state index in [9.17, 15) is 4.79 Å². The Morgan fingerprint density at radius 1 is 1.04 bits per heavy atom. The van der Waals surface area contributed by atoms with Crippen LogP contribution in [0.15, 0.2) is 66.7 Å². The smallest absolute Gasteiger partial charge is 0.241 e. The molecule has 3 aromatic rings. The maximum absolute atomic E-state index is 12.9. The molecule has 0 aromatic heterocycles. The summed E-state index contributed by atoms with van der Waals surface area (Å²) in [4.78, 5) is 14.7. The third-order valence-electron chi connectivity index (χ3n) is 5.31. The van der Waals surface area contributed by atoms with E-state index < -0.39 is 0 Å². The van der Waals surface area contributed by atoms with Gasteiger partial charge in [0, 0.05) is 19.6 Å². The minimum atomic E-state index is -0.222. The summed E-state index contributed by atoms with van der Waals surface area (Å²) in [5, 5.41) is 2.27. The van der Waals surface area contributed by atoms with E-state index >= 15 is 0 Å². The summed E-state index contributed by atoms with van der Waals surface area (Å²) < 4.78 is 5.28. The van der Waals surface area contributed by atoms with Crippen LogP contribution in [0.5, 0.6) is 5.75 Å². The van der Waals surface area contributed by atoms with Crippen LogP contribution in [0.4, 0.5) is 0 Å². The van der Waals surface area contributed by atoms with Crippen molar-refractivity contribution < 1.29 is 9.53 Å². The van der Waals surface area contributed by atoms with E-state index in [1.165, 1.54) is 5.56 Å². The molecule has 2 atom stereocenters. The first-order valence-electron chi connectivity index (χ1n) is 9.52. The molecule has 5 nitrogen and oxygen atoms in total. The van der Waals surface area contributed by atoms with Gasteiger partial charge in [-0.25, -0.2) is 10.9 Å². The zero-order valence-electron chi connectivity index (χ0n) is 16.2. The average molecular weight is 375 g/mol. The van der Waals surface area contributed by atoms with Gasteiger partial charge in [-0.2, -0.15) is 0 Å². The minimum Gasteiger partial charge on any atom is -0.497 e. The van der Waals surface area contributed by atoms with Gasteiger partial charge in [0.1, 0.15) is 11.8 Å². The van der Waals surface area contributed by atoms with E-state index in [0.717, 1.165) is 28.5 Å². The molecule has 2 N–H and O–H groups in total. The molecule has 1 fully saturated rings. The lowest BCUT2D eigenvalue weighted by atomic mass is 10.0. The van der Waals surface area contributed by atoms with Gasteiger partial charge >= 0.3 is 0 Å². The maximum atomic E-state index is 12.9. The van der Waals surface area contributed by atoms with Gasteiger partial charge in [0.05, 0.1) is 7.11 Å². The van der Waals surface area contributed by atoms with E-state index in [1.807, 2.05) is 43.4 Å². The largest absolute Gasteiger partial charge is 0.497 e. The second-order valence-corrected chi connectivity index (χ2v) is 7.28. The number of hydrogen-bond acceptors (Lipinski definition) is 4. The zero-order chi connectivity index (χ0) is 19.5. The number of rotatable bonds is 5. The van der Waals surface area contributed by atoms with Gasteiger partial charge < -0.3 is 9.64 Å². The van der Waals surface area contributed by atoms with Crippen molar-refractivity contribution in [2.75, 3.05) is 14.2 Å². The number of carbonyl (C=O) groups excluding carboxylic acids is 1. The van der Waals surface area contributed by atoms with Crippen LogP contribution in [0.2, 0.25) is 0 Å². The molecule has 28 heavy (non-hydrogen) atoms. The molecule has 1 heterocycles. The van der Waals surface area contributed by atoms with Crippen molar-refractivity contribution in [1.82, 2.24) is 15.8 Å². The van der Waals surface area contributed by atoms with Crippen molar-refractivity contribution >= 4 is 16.7 Å². The molecule has 1 amide bonds. The Hall–Kier alpha value is -2.89. The number of hydrogen-bond donors (Lipinski definition) is 2. The summed E-state index contributed by atoms with van der Waals surface area (Å²) in [6, 6.07) is 22.4. The van der Waals surface area contributed by atoms with Crippen molar-refractivity contribution in [3.8, 4) is 5.75 Å². The Bertz CT molecular complexity index is 974. The second kappa shape index (κ2) is 8.00. The van der Waals surface area contributed by atoms with Crippen molar-refractivity contribution in [3.05, 3.63) is 77.9 Å². The van der Waals surface area contributed by atoms with Gasteiger partial charge in [0.15, 0.2) is 0 Å². The first-order chi connectivity index (χ1) is 13.6. The van der Waals surface area contributed by atoms with Crippen LogP contribution in [0, 0.1) is 0 Å². The summed E-state index contributed by atoms with van der Waals surface area (Å²) in [5.41, 5.74) is 8.71. The quantitative estimate of drug-likeness (QED) is 0.718. The molecule has 4 rings (SSSR count). The molecule has 0 radical (unpaired) electrons. The first kappa shape index (κ1) is 18.5.